The molecule has 10 heteroatoms. The smallest absolute Gasteiger partial charge is 0.416 e. The van der Waals surface area contributed by atoms with Gasteiger partial charge >= 0.3 is 6.18 Å². The SMILES string of the molecule is C=C/C=C(\C=C/C(C)Cl)C1C(c2ccc(C)cc2)N=C(c2ccc(C(F)(F)F)cc2OC(C)C)N1C(=O)c1ccc(CN2CCOCC2)cc1. The van der Waals surface area contributed by atoms with Crippen LogP contribution < -0.4 is 4.74 Å². The van der Waals surface area contributed by atoms with Gasteiger partial charge in [0.05, 0.1) is 36.5 Å². The molecule has 1 amide bonds. The van der Waals surface area contributed by atoms with Crippen LogP contribution in [-0.4, -0.2) is 65.4 Å². The predicted molar refractivity (Wildman–Crippen MR) is 193 cm³/mol. The molecule has 0 bridgehead atoms. The Kier molecular flexibility index (Phi) is 12.0. The molecule has 0 saturated carbocycles. The average molecular weight is 706 g/mol. The zero-order valence-corrected chi connectivity index (χ0v) is 29.5. The fourth-order valence-electron chi connectivity index (χ4n) is 6.09. The summed E-state index contributed by atoms with van der Waals surface area (Å²) in [5, 5.41) is -0.313. The number of allylic oxidation sites excluding steroid dienone is 3. The molecule has 2 heterocycles. The highest BCUT2D eigenvalue weighted by Gasteiger charge is 2.44. The van der Waals surface area contributed by atoms with Gasteiger partial charge in [-0.2, -0.15) is 13.2 Å². The second-order valence-electron chi connectivity index (χ2n) is 12.8. The van der Waals surface area contributed by atoms with E-state index < -0.39 is 29.9 Å². The Morgan fingerprint density at radius 2 is 1.74 bits per heavy atom. The number of nitrogens with zero attached hydrogens (tertiary/aromatic N) is 3. The van der Waals surface area contributed by atoms with E-state index in [-0.39, 0.29) is 28.4 Å². The molecule has 0 radical (unpaired) electrons. The van der Waals surface area contributed by atoms with Gasteiger partial charge in [-0.25, -0.2) is 0 Å². The Hall–Kier alpha value is -4.18. The fraction of sp³-hybridized carbons (Fsp3) is 0.350. The quantitative estimate of drug-likeness (QED) is 0.148. The van der Waals surface area contributed by atoms with Crippen LogP contribution in [0.15, 0.2) is 108 Å². The van der Waals surface area contributed by atoms with Crippen LogP contribution in [0.25, 0.3) is 0 Å². The second kappa shape index (κ2) is 16.2. The number of carbonyl (C=O) groups excluding carboxylic acids is 1. The number of halogens is 4. The monoisotopic (exact) mass is 705 g/mol. The Morgan fingerprint density at radius 3 is 2.34 bits per heavy atom. The van der Waals surface area contributed by atoms with Crippen LogP contribution in [0, 0.1) is 6.92 Å². The van der Waals surface area contributed by atoms with E-state index >= 15 is 0 Å². The molecule has 50 heavy (non-hydrogen) atoms. The maximum Gasteiger partial charge on any atom is 0.416 e. The van der Waals surface area contributed by atoms with E-state index in [0.717, 1.165) is 48.5 Å². The summed E-state index contributed by atoms with van der Waals surface area (Å²) in [5.74, 6) is -0.177. The van der Waals surface area contributed by atoms with Gasteiger partial charge < -0.3 is 9.47 Å². The molecule has 0 aliphatic carbocycles. The molecule has 1 saturated heterocycles. The normalized spacial score (nSPS) is 19.6. The molecule has 0 N–H and O–H groups in total. The summed E-state index contributed by atoms with van der Waals surface area (Å²) >= 11 is 6.36. The zero-order valence-electron chi connectivity index (χ0n) is 28.8. The van der Waals surface area contributed by atoms with Crippen LogP contribution in [-0.2, 0) is 17.5 Å². The minimum atomic E-state index is -4.60. The van der Waals surface area contributed by atoms with Crippen LogP contribution in [0.5, 0.6) is 5.75 Å². The van der Waals surface area contributed by atoms with Crippen LogP contribution in [0.1, 0.15) is 65.0 Å². The van der Waals surface area contributed by atoms with E-state index in [1.165, 1.54) is 6.07 Å². The first-order valence-electron chi connectivity index (χ1n) is 16.8. The first kappa shape index (κ1) is 37.1. The lowest BCUT2D eigenvalue weighted by Crippen LogP contribution is -2.43. The standard InChI is InChI=1S/C40H43ClF3N3O3/c1-6-7-31(15-10-28(5)41)37-36(30-13-8-27(4)9-14-30)45-38(34-19-18-33(40(42,43)44)24-35(34)50-26(2)3)47(37)39(48)32-16-11-29(12-17-32)25-46-20-22-49-23-21-46/h6-19,24,26,28,36-37H,1,20-23,25H2,2-5H3/b15-10-,31-7+. The number of ether oxygens (including phenoxy) is 2. The number of morpholine rings is 1. The van der Waals surface area contributed by atoms with E-state index in [4.69, 9.17) is 26.1 Å². The number of alkyl halides is 4. The molecule has 3 atom stereocenters. The third kappa shape index (κ3) is 8.94. The lowest BCUT2D eigenvalue weighted by molar-refractivity contribution is -0.137. The lowest BCUT2D eigenvalue weighted by atomic mass is 9.91. The summed E-state index contributed by atoms with van der Waals surface area (Å²) < 4.78 is 53.3. The lowest BCUT2D eigenvalue weighted by Gasteiger charge is -2.31. The first-order chi connectivity index (χ1) is 23.8. The molecule has 3 aromatic rings. The first-order valence-corrected chi connectivity index (χ1v) is 17.2. The van der Waals surface area contributed by atoms with E-state index in [0.29, 0.717) is 24.4 Å². The van der Waals surface area contributed by atoms with Gasteiger partial charge in [-0.15, -0.1) is 11.6 Å². The highest BCUT2D eigenvalue weighted by molar-refractivity contribution is 6.21. The maximum absolute atomic E-state index is 14.9. The van der Waals surface area contributed by atoms with Crippen LogP contribution in [0.2, 0.25) is 0 Å². The summed E-state index contributed by atoms with van der Waals surface area (Å²) in [6.07, 6.45) is 2.07. The van der Waals surface area contributed by atoms with Crippen molar-refractivity contribution in [3.05, 3.63) is 137 Å². The summed E-state index contributed by atoms with van der Waals surface area (Å²) in [6.45, 7) is 15.0. The van der Waals surface area contributed by atoms with E-state index in [1.807, 2.05) is 68.5 Å². The van der Waals surface area contributed by atoms with Crippen LogP contribution in [0.3, 0.4) is 0 Å². The number of aryl methyl sites for hydroxylation is 1. The van der Waals surface area contributed by atoms with Gasteiger partial charge in [0.25, 0.3) is 5.91 Å². The number of hydrogen-bond donors (Lipinski definition) is 0. The van der Waals surface area contributed by atoms with Gasteiger partial charge in [-0.1, -0.05) is 72.8 Å². The molecule has 5 rings (SSSR count). The van der Waals surface area contributed by atoms with Crippen molar-refractivity contribution < 1.29 is 27.4 Å². The molecule has 0 spiro atoms. The molecule has 3 aromatic carbocycles. The number of aliphatic imine (C=N–C) groups is 1. The third-order valence-corrected chi connectivity index (χ3v) is 8.68. The summed E-state index contributed by atoms with van der Waals surface area (Å²) in [7, 11) is 0. The highest BCUT2D eigenvalue weighted by Crippen LogP contribution is 2.42. The van der Waals surface area contributed by atoms with Gasteiger partial charge in [0.2, 0.25) is 0 Å². The Bertz CT molecular complexity index is 1740. The Balaban J connectivity index is 1.68. The van der Waals surface area contributed by atoms with Crippen molar-refractivity contribution in [3.8, 4) is 5.75 Å². The molecule has 0 aromatic heterocycles. The maximum atomic E-state index is 14.9. The number of carbonyl (C=O) groups is 1. The predicted octanol–water partition coefficient (Wildman–Crippen LogP) is 8.94. The Labute approximate surface area is 297 Å². The van der Waals surface area contributed by atoms with Gasteiger partial charge in [0, 0.05) is 30.6 Å². The van der Waals surface area contributed by atoms with E-state index in [1.54, 1.807) is 37.0 Å². The molecular weight excluding hydrogens is 663 g/mol. The summed E-state index contributed by atoms with van der Waals surface area (Å²) in [5.41, 5.74) is 3.45. The molecule has 1 fully saturated rings. The topological polar surface area (TPSA) is 54.4 Å². The van der Waals surface area contributed by atoms with Crippen molar-refractivity contribution in [1.29, 1.82) is 0 Å². The number of amides is 1. The van der Waals surface area contributed by atoms with Crippen molar-refractivity contribution in [3.63, 3.8) is 0 Å². The van der Waals surface area contributed by atoms with Crippen LogP contribution in [0.4, 0.5) is 13.2 Å². The summed E-state index contributed by atoms with van der Waals surface area (Å²) in [6, 6.07) is 17.3. The molecule has 264 valence electrons. The molecule has 3 unspecified atom stereocenters. The van der Waals surface area contributed by atoms with Crippen molar-refractivity contribution in [2.24, 2.45) is 4.99 Å². The second-order valence-corrected chi connectivity index (χ2v) is 13.5. The molecule has 2 aliphatic rings. The van der Waals surface area contributed by atoms with E-state index in [2.05, 4.69) is 11.5 Å². The Morgan fingerprint density at radius 1 is 1.06 bits per heavy atom. The minimum Gasteiger partial charge on any atom is -0.490 e. The van der Waals surface area contributed by atoms with Gasteiger partial charge in [-0.05, 0) is 74.7 Å². The largest absolute Gasteiger partial charge is 0.490 e. The number of benzene rings is 3. The van der Waals surface area contributed by atoms with Crippen LogP contribution >= 0.6 is 11.6 Å². The van der Waals surface area contributed by atoms with E-state index in [9.17, 15) is 18.0 Å². The molecule has 6 nitrogen and oxygen atoms in total. The van der Waals surface area contributed by atoms with Gasteiger partial charge in [0.15, 0.2) is 0 Å². The fourth-order valence-corrected chi connectivity index (χ4v) is 6.16. The van der Waals surface area contributed by atoms with Gasteiger partial charge in [0.1, 0.15) is 17.6 Å². The van der Waals surface area contributed by atoms with Crippen molar-refractivity contribution in [2.45, 2.75) is 64.0 Å². The van der Waals surface area contributed by atoms with Crippen molar-refractivity contribution in [1.82, 2.24) is 9.80 Å². The number of hydrogen-bond acceptors (Lipinski definition) is 5. The highest BCUT2D eigenvalue weighted by atomic mass is 35.5. The third-order valence-electron chi connectivity index (χ3n) is 8.53. The van der Waals surface area contributed by atoms with Crippen molar-refractivity contribution >= 4 is 23.3 Å². The summed E-state index contributed by atoms with van der Waals surface area (Å²) in [4.78, 5) is 23.9. The number of rotatable bonds is 11. The molecule has 2 aliphatic heterocycles. The van der Waals surface area contributed by atoms with Crippen molar-refractivity contribution in [2.75, 3.05) is 26.3 Å². The zero-order chi connectivity index (χ0) is 36.0. The molecular formula is C40H43ClF3N3O3. The average Bonchev–Trinajstić information content (AvgIpc) is 3.47. The number of amidine groups is 1. The minimum absolute atomic E-state index is 0.0188. The van der Waals surface area contributed by atoms with Gasteiger partial charge in [-0.3, -0.25) is 19.6 Å².